The molecule has 0 saturated carbocycles. The molecule has 1 aromatic carbocycles. The van der Waals surface area contributed by atoms with Crippen molar-refractivity contribution in [2.24, 2.45) is 0 Å². The van der Waals surface area contributed by atoms with Gasteiger partial charge in [-0.3, -0.25) is 4.79 Å². The third-order valence-corrected chi connectivity index (χ3v) is 4.30. The molecule has 0 spiro atoms. The molecule has 0 unspecified atom stereocenters. The summed E-state index contributed by atoms with van der Waals surface area (Å²) in [7, 11) is 0. The van der Waals surface area contributed by atoms with E-state index in [4.69, 9.17) is 0 Å². The van der Waals surface area contributed by atoms with Gasteiger partial charge in [0.15, 0.2) is 5.78 Å². The van der Waals surface area contributed by atoms with E-state index in [-0.39, 0.29) is 23.3 Å². The minimum Gasteiger partial charge on any atom is -0.293 e. The van der Waals surface area contributed by atoms with Crippen molar-refractivity contribution in [1.82, 2.24) is 0 Å². The molecule has 1 aromatic rings. The van der Waals surface area contributed by atoms with Gasteiger partial charge >= 0.3 is 0 Å². The molecule has 2 aliphatic carbocycles. The number of carbonyl (C=O) groups is 1. The minimum atomic E-state index is -0.700. The molecule has 2 aliphatic rings. The fourth-order valence-electron chi connectivity index (χ4n) is 3.35. The molecule has 0 amide bonds. The topological polar surface area (TPSA) is 40.9 Å². The predicted molar refractivity (Wildman–Crippen MR) is 78.6 cm³/mol. The summed E-state index contributed by atoms with van der Waals surface area (Å²) in [6.07, 6.45) is 4.88. The first-order valence-corrected chi connectivity index (χ1v) is 7.45. The van der Waals surface area contributed by atoms with Crippen molar-refractivity contribution in [3.63, 3.8) is 0 Å². The van der Waals surface area contributed by atoms with Crippen LogP contribution in [0.15, 0.2) is 34.9 Å². The summed E-state index contributed by atoms with van der Waals surface area (Å²) in [6, 6.07) is 5.14. The lowest BCUT2D eigenvalue weighted by atomic mass is 9.80. The maximum absolute atomic E-state index is 13.6. The normalized spacial score (nSPS) is 18.9. The minimum absolute atomic E-state index is 0.0330. The molecule has 3 rings (SSSR count). The van der Waals surface area contributed by atoms with Gasteiger partial charge in [0.1, 0.15) is 23.3 Å². The van der Waals surface area contributed by atoms with Crippen molar-refractivity contribution in [2.45, 2.75) is 38.5 Å². The van der Waals surface area contributed by atoms with E-state index >= 15 is 0 Å². The lowest BCUT2D eigenvalue weighted by Gasteiger charge is -2.22. The van der Waals surface area contributed by atoms with E-state index < -0.39 is 11.6 Å². The van der Waals surface area contributed by atoms with Gasteiger partial charge in [0.25, 0.3) is 0 Å². The number of allylic oxidation sites excluding steroid dienone is 4. The number of hydrogen-bond acceptors (Lipinski definition) is 2. The van der Waals surface area contributed by atoms with E-state index in [1.54, 1.807) is 0 Å². The molecule has 0 radical (unpaired) electrons. The molecule has 0 aromatic heterocycles. The first kappa shape index (κ1) is 14.6. The SMILES string of the molecule is N#CC1=C(c2cc(F)cc(F)c2)C2=C(CCCCC2)CC1=O. The number of nitriles is 1. The first-order chi connectivity index (χ1) is 10.6. The van der Waals surface area contributed by atoms with Crippen LogP contribution in [-0.2, 0) is 4.79 Å². The number of rotatable bonds is 1. The van der Waals surface area contributed by atoms with E-state index in [0.29, 0.717) is 5.57 Å². The predicted octanol–water partition coefficient (Wildman–Crippen LogP) is 4.48. The number of hydrogen-bond donors (Lipinski definition) is 0. The van der Waals surface area contributed by atoms with E-state index in [1.165, 1.54) is 12.1 Å². The Labute approximate surface area is 127 Å². The molecule has 0 bridgehead atoms. The molecule has 2 nitrogen and oxygen atoms in total. The van der Waals surface area contributed by atoms with Crippen molar-refractivity contribution in [2.75, 3.05) is 0 Å². The molecule has 0 saturated heterocycles. The Morgan fingerprint density at radius 3 is 2.36 bits per heavy atom. The highest BCUT2D eigenvalue weighted by Crippen LogP contribution is 2.41. The van der Waals surface area contributed by atoms with Gasteiger partial charge in [0, 0.05) is 18.1 Å². The first-order valence-electron chi connectivity index (χ1n) is 7.45. The van der Waals surface area contributed by atoms with Gasteiger partial charge in [-0.05, 0) is 49.0 Å². The van der Waals surface area contributed by atoms with Gasteiger partial charge in [-0.2, -0.15) is 5.26 Å². The molecule has 0 atom stereocenters. The van der Waals surface area contributed by atoms with Gasteiger partial charge < -0.3 is 0 Å². The van der Waals surface area contributed by atoms with Crippen LogP contribution in [0.4, 0.5) is 8.78 Å². The van der Waals surface area contributed by atoms with Gasteiger partial charge in [0.05, 0.1) is 0 Å². The van der Waals surface area contributed by atoms with Crippen LogP contribution in [0.2, 0.25) is 0 Å². The Hall–Kier alpha value is -2.28. The Bertz CT molecular complexity index is 733. The molecular formula is C18H15F2NO. The van der Waals surface area contributed by atoms with Crippen molar-refractivity contribution in [1.29, 1.82) is 5.26 Å². The Kier molecular flexibility index (Phi) is 3.89. The lowest BCUT2D eigenvalue weighted by Crippen LogP contribution is -2.14. The highest BCUT2D eigenvalue weighted by atomic mass is 19.1. The van der Waals surface area contributed by atoms with Crippen LogP contribution in [0.1, 0.15) is 44.1 Å². The third-order valence-electron chi connectivity index (χ3n) is 4.30. The third kappa shape index (κ3) is 2.59. The summed E-state index contributed by atoms with van der Waals surface area (Å²) in [4.78, 5) is 12.2. The number of halogens is 2. The lowest BCUT2D eigenvalue weighted by molar-refractivity contribution is -0.114. The smallest absolute Gasteiger partial charge is 0.178 e. The molecule has 0 aliphatic heterocycles. The second kappa shape index (κ2) is 5.84. The van der Waals surface area contributed by atoms with Gasteiger partial charge in [-0.15, -0.1) is 0 Å². The molecule has 0 N–H and O–H groups in total. The average molecular weight is 299 g/mol. The number of ketones is 1. The highest BCUT2D eigenvalue weighted by Gasteiger charge is 2.29. The van der Waals surface area contributed by atoms with E-state index in [9.17, 15) is 18.8 Å². The Balaban J connectivity index is 2.24. The second-order valence-electron chi connectivity index (χ2n) is 5.76. The molecule has 4 heteroatoms. The van der Waals surface area contributed by atoms with Crippen LogP contribution in [0.5, 0.6) is 0 Å². The van der Waals surface area contributed by atoms with Crippen LogP contribution in [0.25, 0.3) is 5.57 Å². The maximum Gasteiger partial charge on any atom is 0.178 e. The quantitative estimate of drug-likeness (QED) is 0.767. The van der Waals surface area contributed by atoms with Crippen LogP contribution in [0, 0.1) is 23.0 Å². The van der Waals surface area contributed by atoms with Gasteiger partial charge in [0.2, 0.25) is 0 Å². The zero-order chi connectivity index (χ0) is 15.7. The average Bonchev–Trinajstić information content (AvgIpc) is 2.69. The van der Waals surface area contributed by atoms with Gasteiger partial charge in [-0.25, -0.2) is 8.78 Å². The monoisotopic (exact) mass is 299 g/mol. The zero-order valence-electron chi connectivity index (χ0n) is 12.1. The summed E-state index contributed by atoms with van der Waals surface area (Å²) < 4.78 is 27.1. The summed E-state index contributed by atoms with van der Waals surface area (Å²) in [5, 5.41) is 9.35. The largest absolute Gasteiger partial charge is 0.293 e. The van der Waals surface area contributed by atoms with E-state index in [1.807, 2.05) is 6.07 Å². The summed E-state index contributed by atoms with van der Waals surface area (Å²) in [6.45, 7) is 0. The maximum atomic E-state index is 13.6. The Morgan fingerprint density at radius 1 is 1.00 bits per heavy atom. The molecule has 112 valence electrons. The van der Waals surface area contributed by atoms with Crippen LogP contribution in [-0.4, -0.2) is 5.78 Å². The van der Waals surface area contributed by atoms with Crippen molar-refractivity contribution >= 4 is 11.4 Å². The molecular weight excluding hydrogens is 284 g/mol. The summed E-state index contributed by atoms with van der Waals surface area (Å²) in [5.74, 6) is -1.65. The second-order valence-corrected chi connectivity index (χ2v) is 5.76. The fourth-order valence-corrected chi connectivity index (χ4v) is 3.35. The Morgan fingerprint density at radius 2 is 1.68 bits per heavy atom. The van der Waals surface area contributed by atoms with Crippen LogP contribution < -0.4 is 0 Å². The summed E-state index contributed by atoms with van der Waals surface area (Å²) in [5.41, 5.74) is 2.73. The molecule has 0 heterocycles. The fraction of sp³-hybridized carbons (Fsp3) is 0.333. The van der Waals surface area contributed by atoms with Crippen LogP contribution >= 0.6 is 0 Å². The van der Waals surface area contributed by atoms with Gasteiger partial charge in [-0.1, -0.05) is 12.0 Å². The van der Waals surface area contributed by atoms with E-state index in [2.05, 4.69) is 0 Å². The van der Waals surface area contributed by atoms with Crippen molar-refractivity contribution in [3.8, 4) is 6.07 Å². The number of carbonyl (C=O) groups excluding carboxylic acids is 1. The standard InChI is InChI=1S/C18H15F2NO/c19-13-6-12(7-14(20)9-13)18-15-5-3-1-2-4-11(15)8-17(22)16(18)10-21/h6-7,9H,1-5,8H2. The van der Waals surface area contributed by atoms with Crippen LogP contribution in [0.3, 0.4) is 0 Å². The summed E-state index contributed by atoms with van der Waals surface area (Å²) >= 11 is 0. The highest BCUT2D eigenvalue weighted by molar-refractivity contribution is 6.12. The van der Waals surface area contributed by atoms with E-state index in [0.717, 1.165) is 49.3 Å². The number of Topliss-reactive ketones (excluding diaryl/α,β-unsaturated/α-hetero) is 1. The zero-order valence-corrected chi connectivity index (χ0v) is 12.1. The van der Waals surface area contributed by atoms with Crippen molar-refractivity contribution in [3.05, 3.63) is 52.1 Å². The number of benzene rings is 1. The van der Waals surface area contributed by atoms with Crippen molar-refractivity contribution < 1.29 is 13.6 Å². The number of nitrogens with zero attached hydrogens (tertiary/aromatic N) is 1. The molecule has 22 heavy (non-hydrogen) atoms. The molecule has 0 fully saturated rings.